The fourth-order valence-electron chi connectivity index (χ4n) is 2.70. The van der Waals surface area contributed by atoms with Crippen LogP contribution in [-0.2, 0) is 6.54 Å². The van der Waals surface area contributed by atoms with Gasteiger partial charge in [-0.05, 0) is 42.0 Å². The second-order valence-corrected chi connectivity index (χ2v) is 6.08. The van der Waals surface area contributed by atoms with E-state index in [-0.39, 0.29) is 11.4 Å². The molecule has 0 aliphatic carbocycles. The summed E-state index contributed by atoms with van der Waals surface area (Å²) in [6, 6.07) is 13.2. The third-order valence-electron chi connectivity index (χ3n) is 3.97. The summed E-state index contributed by atoms with van der Waals surface area (Å²) in [6.07, 6.45) is 2.89. The largest absolute Gasteiger partial charge is 0.471 e. The van der Waals surface area contributed by atoms with Gasteiger partial charge < -0.3 is 4.42 Å². The van der Waals surface area contributed by atoms with Gasteiger partial charge in [0.25, 0.3) is 5.56 Å². The van der Waals surface area contributed by atoms with Crippen molar-refractivity contribution >= 4 is 22.4 Å². The van der Waals surface area contributed by atoms with E-state index < -0.39 is 0 Å². The van der Waals surface area contributed by atoms with Crippen molar-refractivity contribution < 1.29 is 8.81 Å². The average Bonchev–Trinajstić information content (AvgIpc) is 3.10. The molecular formula is C19H12ClFN2O2. The molecule has 0 bridgehead atoms. The smallest absolute Gasteiger partial charge is 0.278 e. The molecule has 2 heterocycles. The van der Waals surface area contributed by atoms with Gasteiger partial charge >= 0.3 is 0 Å². The Morgan fingerprint density at radius 2 is 1.68 bits per heavy atom. The maximum absolute atomic E-state index is 13.2. The van der Waals surface area contributed by atoms with Crippen molar-refractivity contribution in [2.24, 2.45) is 0 Å². The summed E-state index contributed by atoms with van der Waals surface area (Å²) in [5.41, 5.74) is 1.92. The quantitative estimate of drug-likeness (QED) is 0.544. The fourth-order valence-corrected chi connectivity index (χ4v) is 2.82. The molecule has 4 nitrogen and oxygen atoms in total. The van der Waals surface area contributed by atoms with Crippen molar-refractivity contribution in [3.63, 3.8) is 0 Å². The SMILES string of the molecule is O=c1c2cocc2c(-c2ccc(F)cc2)nn1Cc1ccc(Cl)cc1. The summed E-state index contributed by atoms with van der Waals surface area (Å²) in [5.74, 6) is -0.332. The number of hydrogen-bond donors (Lipinski definition) is 0. The van der Waals surface area contributed by atoms with Crippen LogP contribution in [0, 0.1) is 5.82 Å². The van der Waals surface area contributed by atoms with Gasteiger partial charge in [0.1, 0.15) is 24.0 Å². The summed E-state index contributed by atoms with van der Waals surface area (Å²) in [6.45, 7) is 0.297. The van der Waals surface area contributed by atoms with Crippen molar-refractivity contribution in [1.29, 1.82) is 0 Å². The first-order valence-corrected chi connectivity index (χ1v) is 7.97. The van der Waals surface area contributed by atoms with Crippen LogP contribution in [0.25, 0.3) is 22.0 Å². The van der Waals surface area contributed by atoms with Gasteiger partial charge in [0, 0.05) is 10.6 Å². The first-order valence-electron chi connectivity index (χ1n) is 7.59. The van der Waals surface area contributed by atoms with Gasteiger partial charge in [-0.1, -0.05) is 23.7 Å². The summed E-state index contributed by atoms with van der Waals surface area (Å²) in [4.78, 5) is 12.7. The number of halogens is 2. The minimum absolute atomic E-state index is 0.246. The number of hydrogen-bond acceptors (Lipinski definition) is 3. The molecule has 6 heteroatoms. The van der Waals surface area contributed by atoms with Gasteiger partial charge in [-0.25, -0.2) is 9.07 Å². The van der Waals surface area contributed by atoms with Crippen molar-refractivity contribution in [2.45, 2.75) is 6.54 Å². The Balaban J connectivity index is 1.87. The van der Waals surface area contributed by atoms with Gasteiger partial charge in [0.2, 0.25) is 0 Å². The van der Waals surface area contributed by atoms with E-state index in [4.69, 9.17) is 16.0 Å². The third kappa shape index (κ3) is 2.94. The highest BCUT2D eigenvalue weighted by molar-refractivity contribution is 6.30. The first-order chi connectivity index (χ1) is 12.1. The highest BCUT2D eigenvalue weighted by Gasteiger charge is 2.14. The van der Waals surface area contributed by atoms with E-state index in [1.165, 1.54) is 29.3 Å². The molecule has 0 aliphatic heterocycles. The number of fused-ring (bicyclic) bond motifs is 1. The van der Waals surface area contributed by atoms with E-state index in [1.54, 1.807) is 24.3 Å². The van der Waals surface area contributed by atoms with Gasteiger partial charge in [0.05, 0.1) is 17.3 Å². The molecule has 0 saturated carbocycles. The summed E-state index contributed by atoms with van der Waals surface area (Å²) >= 11 is 5.90. The van der Waals surface area contributed by atoms with Crippen LogP contribution in [0.15, 0.2) is 70.3 Å². The summed E-state index contributed by atoms with van der Waals surface area (Å²) < 4.78 is 19.8. The van der Waals surface area contributed by atoms with Crippen molar-refractivity contribution in [1.82, 2.24) is 9.78 Å². The van der Waals surface area contributed by atoms with Crippen LogP contribution in [0.2, 0.25) is 5.02 Å². The van der Waals surface area contributed by atoms with Crippen LogP contribution in [0.4, 0.5) is 4.39 Å². The lowest BCUT2D eigenvalue weighted by molar-refractivity contribution is 0.572. The molecule has 4 rings (SSSR count). The van der Waals surface area contributed by atoms with Gasteiger partial charge in [0.15, 0.2) is 0 Å². The van der Waals surface area contributed by atoms with E-state index >= 15 is 0 Å². The number of rotatable bonds is 3. The van der Waals surface area contributed by atoms with Crippen LogP contribution >= 0.6 is 11.6 Å². The fraction of sp³-hybridized carbons (Fsp3) is 0.0526. The molecule has 25 heavy (non-hydrogen) atoms. The molecule has 0 N–H and O–H groups in total. The third-order valence-corrected chi connectivity index (χ3v) is 4.22. The Hall–Kier alpha value is -2.92. The predicted octanol–water partition coefficient (Wildman–Crippen LogP) is 4.50. The second kappa shape index (κ2) is 6.18. The number of aromatic nitrogens is 2. The van der Waals surface area contributed by atoms with E-state index in [9.17, 15) is 9.18 Å². The molecule has 2 aromatic heterocycles. The van der Waals surface area contributed by atoms with Crippen LogP contribution in [-0.4, -0.2) is 9.78 Å². The van der Waals surface area contributed by atoms with Gasteiger partial charge in [-0.3, -0.25) is 4.79 Å². The van der Waals surface area contributed by atoms with Gasteiger partial charge in [-0.15, -0.1) is 0 Å². The molecule has 0 atom stereocenters. The number of nitrogens with zero attached hydrogens (tertiary/aromatic N) is 2. The van der Waals surface area contributed by atoms with E-state index in [0.29, 0.717) is 33.6 Å². The number of benzene rings is 2. The van der Waals surface area contributed by atoms with Crippen LogP contribution in [0.5, 0.6) is 0 Å². The lowest BCUT2D eigenvalue weighted by Gasteiger charge is -2.09. The van der Waals surface area contributed by atoms with Crippen molar-refractivity contribution in [3.8, 4) is 11.3 Å². The molecule has 0 aliphatic rings. The minimum atomic E-state index is -0.332. The zero-order valence-corrected chi connectivity index (χ0v) is 13.7. The van der Waals surface area contributed by atoms with Crippen molar-refractivity contribution in [2.75, 3.05) is 0 Å². The van der Waals surface area contributed by atoms with Crippen LogP contribution in [0.3, 0.4) is 0 Å². The van der Waals surface area contributed by atoms with Crippen LogP contribution in [0.1, 0.15) is 5.56 Å². The summed E-state index contributed by atoms with van der Waals surface area (Å²) in [5, 5.41) is 6.14. The minimum Gasteiger partial charge on any atom is -0.471 e. The Labute approximate surface area is 147 Å². The van der Waals surface area contributed by atoms with E-state index in [0.717, 1.165) is 5.56 Å². The molecule has 0 saturated heterocycles. The zero-order valence-electron chi connectivity index (χ0n) is 12.9. The molecule has 4 aromatic rings. The Morgan fingerprint density at radius 3 is 2.40 bits per heavy atom. The Morgan fingerprint density at radius 1 is 1.00 bits per heavy atom. The lowest BCUT2D eigenvalue weighted by atomic mass is 10.1. The van der Waals surface area contributed by atoms with Crippen LogP contribution < -0.4 is 5.56 Å². The van der Waals surface area contributed by atoms with Gasteiger partial charge in [-0.2, -0.15) is 5.10 Å². The molecular weight excluding hydrogens is 343 g/mol. The molecule has 0 fully saturated rings. The van der Waals surface area contributed by atoms with E-state index in [1.807, 2.05) is 12.1 Å². The standard InChI is InChI=1S/C19H12ClFN2O2/c20-14-5-1-12(2-6-14)9-23-19(24)17-11-25-10-16(17)18(22-23)13-3-7-15(21)8-4-13/h1-8,10-11H,9H2. The highest BCUT2D eigenvalue weighted by Crippen LogP contribution is 2.25. The lowest BCUT2D eigenvalue weighted by Crippen LogP contribution is -2.23. The molecule has 0 radical (unpaired) electrons. The Kier molecular flexibility index (Phi) is 3.86. The molecule has 0 amide bonds. The first kappa shape index (κ1) is 15.6. The monoisotopic (exact) mass is 354 g/mol. The van der Waals surface area contributed by atoms with Crippen molar-refractivity contribution in [3.05, 3.63) is 87.8 Å². The normalized spacial score (nSPS) is 11.1. The molecule has 124 valence electrons. The average molecular weight is 355 g/mol. The summed E-state index contributed by atoms with van der Waals surface area (Å²) in [7, 11) is 0. The molecule has 0 spiro atoms. The van der Waals surface area contributed by atoms with E-state index in [2.05, 4.69) is 5.10 Å². The highest BCUT2D eigenvalue weighted by atomic mass is 35.5. The second-order valence-electron chi connectivity index (χ2n) is 5.64. The Bertz CT molecular complexity index is 1100. The number of furan rings is 1. The maximum Gasteiger partial charge on any atom is 0.278 e. The molecule has 2 aromatic carbocycles. The molecule has 0 unspecified atom stereocenters. The maximum atomic E-state index is 13.2. The zero-order chi connectivity index (χ0) is 17.4. The topological polar surface area (TPSA) is 48.0 Å². The predicted molar refractivity (Wildman–Crippen MR) is 94.2 cm³/mol.